The first-order valence-corrected chi connectivity index (χ1v) is 4.68. The third-order valence-corrected chi connectivity index (χ3v) is 1.87. The maximum absolute atomic E-state index is 10.2. The van der Waals surface area contributed by atoms with Gasteiger partial charge in [0.1, 0.15) is 0 Å². The molecule has 1 rings (SSSR count). The van der Waals surface area contributed by atoms with E-state index in [1.54, 1.807) is 12.1 Å². The van der Waals surface area contributed by atoms with E-state index in [1.807, 2.05) is 6.92 Å². The van der Waals surface area contributed by atoms with Crippen molar-refractivity contribution in [3.8, 4) is 0 Å². The van der Waals surface area contributed by atoms with Crippen molar-refractivity contribution in [2.75, 3.05) is 6.61 Å². The van der Waals surface area contributed by atoms with Gasteiger partial charge in [-0.25, -0.2) is 9.59 Å². The van der Waals surface area contributed by atoms with Gasteiger partial charge in [0, 0.05) is 12.2 Å². The normalized spacial score (nSPS) is 9.06. The van der Waals surface area contributed by atoms with Crippen molar-refractivity contribution in [1.82, 2.24) is 0 Å². The standard InChI is InChI=1S/C11H10N2O3/c1-2-16-6-9-3-4-10(12-7-14)5-11(9)13-8-15/h3-5H,2,6H2,1H3. The van der Waals surface area contributed by atoms with Crippen LogP contribution in [-0.4, -0.2) is 18.8 Å². The number of hydrogen-bond donors (Lipinski definition) is 0. The number of aliphatic imine (C=N–C) groups is 2. The zero-order valence-corrected chi connectivity index (χ0v) is 8.77. The van der Waals surface area contributed by atoms with Gasteiger partial charge in [0.2, 0.25) is 12.2 Å². The van der Waals surface area contributed by atoms with Crippen LogP contribution in [0.3, 0.4) is 0 Å². The lowest BCUT2D eigenvalue weighted by atomic mass is 10.1. The summed E-state index contributed by atoms with van der Waals surface area (Å²) in [6.07, 6.45) is 2.87. The Morgan fingerprint density at radius 2 is 2.00 bits per heavy atom. The second kappa shape index (κ2) is 6.43. The summed E-state index contributed by atoms with van der Waals surface area (Å²) < 4.78 is 5.21. The Morgan fingerprint density at radius 3 is 2.62 bits per heavy atom. The Bertz CT molecular complexity index is 458. The van der Waals surface area contributed by atoms with Gasteiger partial charge in [-0.1, -0.05) is 6.07 Å². The topological polar surface area (TPSA) is 68.1 Å². The highest BCUT2D eigenvalue weighted by molar-refractivity contribution is 5.61. The minimum absolute atomic E-state index is 0.349. The Labute approximate surface area is 92.5 Å². The Balaban J connectivity index is 3.08. The average Bonchev–Trinajstić information content (AvgIpc) is 2.29. The summed E-state index contributed by atoms with van der Waals surface area (Å²) in [5.74, 6) is 0. The minimum atomic E-state index is 0.349. The molecule has 0 aliphatic carbocycles. The van der Waals surface area contributed by atoms with E-state index in [4.69, 9.17) is 4.74 Å². The Hall–Kier alpha value is -2.06. The van der Waals surface area contributed by atoms with Crippen molar-refractivity contribution in [2.24, 2.45) is 9.98 Å². The molecule has 0 atom stereocenters. The SMILES string of the molecule is CCOCc1ccc(N=C=O)cc1N=C=O. The summed E-state index contributed by atoms with van der Waals surface area (Å²) in [6, 6.07) is 4.83. The fraction of sp³-hybridized carbons (Fsp3) is 0.273. The third kappa shape index (κ3) is 3.26. The molecule has 0 spiro atoms. The Morgan fingerprint density at radius 1 is 1.25 bits per heavy atom. The molecule has 82 valence electrons. The van der Waals surface area contributed by atoms with Crippen LogP contribution in [0.2, 0.25) is 0 Å². The summed E-state index contributed by atoms with van der Waals surface area (Å²) in [5, 5.41) is 0. The highest BCUT2D eigenvalue weighted by atomic mass is 16.5. The molecule has 5 heteroatoms. The second-order valence-corrected chi connectivity index (χ2v) is 2.86. The number of carbonyl (C=O) groups excluding carboxylic acids is 2. The molecule has 0 aliphatic heterocycles. The lowest BCUT2D eigenvalue weighted by molar-refractivity contribution is 0.134. The van der Waals surface area contributed by atoms with Crippen LogP contribution < -0.4 is 0 Å². The molecule has 0 heterocycles. The van der Waals surface area contributed by atoms with Gasteiger partial charge in [-0.05, 0) is 19.1 Å². The first kappa shape index (κ1) is 12.0. The van der Waals surface area contributed by atoms with Crippen molar-refractivity contribution < 1.29 is 14.3 Å². The molecule has 0 unspecified atom stereocenters. The second-order valence-electron chi connectivity index (χ2n) is 2.86. The molecule has 0 radical (unpaired) electrons. The molecule has 1 aromatic rings. The summed E-state index contributed by atoms with van der Waals surface area (Å²) in [5.41, 5.74) is 1.54. The molecule has 0 aromatic heterocycles. The molecule has 0 aliphatic rings. The van der Waals surface area contributed by atoms with Crippen LogP contribution in [0.15, 0.2) is 28.2 Å². The molecule has 0 N–H and O–H groups in total. The van der Waals surface area contributed by atoms with Crippen LogP contribution in [0.1, 0.15) is 12.5 Å². The van der Waals surface area contributed by atoms with Gasteiger partial charge < -0.3 is 4.74 Å². The smallest absolute Gasteiger partial charge is 0.240 e. The molecule has 0 saturated carbocycles. The molecule has 5 nitrogen and oxygen atoms in total. The number of isocyanates is 2. The number of benzene rings is 1. The summed E-state index contributed by atoms with van der Waals surface area (Å²) in [7, 11) is 0. The van der Waals surface area contributed by atoms with Gasteiger partial charge in [0.15, 0.2) is 0 Å². The number of ether oxygens (including phenoxy) is 1. The van der Waals surface area contributed by atoms with Crippen molar-refractivity contribution in [3.63, 3.8) is 0 Å². The van der Waals surface area contributed by atoms with E-state index >= 15 is 0 Å². The first-order valence-electron chi connectivity index (χ1n) is 4.68. The number of rotatable bonds is 5. The van der Waals surface area contributed by atoms with Crippen molar-refractivity contribution in [1.29, 1.82) is 0 Å². The van der Waals surface area contributed by atoms with E-state index < -0.39 is 0 Å². The summed E-state index contributed by atoms with van der Waals surface area (Å²) >= 11 is 0. The predicted molar refractivity (Wildman–Crippen MR) is 57.3 cm³/mol. The highest BCUT2D eigenvalue weighted by Gasteiger charge is 2.03. The monoisotopic (exact) mass is 218 g/mol. The van der Waals surface area contributed by atoms with Crippen molar-refractivity contribution in [3.05, 3.63) is 23.8 Å². The quantitative estimate of drug-likeness (QED) is 0.561. The maximum Gasteiger partial charge on any atom is 0.240 e. The summed E-state index contributed by atoms with van der Waals surface area (Å²) in [6.45, 7) is 2.79. The van der Waals surface area contributed by atoms with Gasteiger partial charge in [0.25, 0.3) is 0 Å². The molecule has 16 heavy (non-hydrogen) atoms. The van der Waals surface area contributed by atoms with E-state index in [0.717, 1.165) is 5.56 Å². The zero-order valence-electron chi connectivity index (χ0n) is 8.77. The van der Waals surface area contributed by atoms with Crippen molar-refractivity contribution >= 4 is 23.5 Å². The van der Waals surface area contributed by atoms with Gasteiger partial charge >= 0.3 is 0 Å². The minimum Gasteiger partial charge on any atom is -0.377 e. The van der Waals surface area contributed by atoms with Crippen molar-refractivity contribution in [2.45, 2.75) is 13.5 Å². The van der Waals surface area contributed by atoms with Gasteiger partial charge in [0.05, 0.1) is 18.0 Å². The molecule has 0 amide bonds. The van der Waals surface area contributed by atoms with Crippen LogP contribution in [-0.2, 0) is 20.9 Å². The summed E-state index contributed by atoms with van der Waals surface area (Å²) in [4.78, 5) is 27.3. The van der Waals surface area contributed by atoms with E-state index in [-0.39, 0.29) is 0 Å². The molecule has 0 fully saturated rings. The van der Waals surface area contributed by atoms with Crippen LogP contribution in [0.4, 0.5) is 11.4 Å². The fourth-order valence-electron chi connectivity index (χ4n) is 1.16. The maximum atomic E-state index is 10.2. The molecule has 0 bridgehead atoms. The van der Waals surface area contributed by atoms with Crippen LogP contribution in [0.5, 0.6) is 0 Å². The van der Waals surface area contributed by atoms with E-state index in [9.17, 15) is 9.59 Å². The average molecular weight is 218 g/mol. The van der Waals surface area contributed by atoms with E-state index in [0.29, 0.717) is 24.6 Å². The van der Waals surface area contributed by atoms with Crippen LogP contribution in [0, 0.1) is 0 Å². The fourth-order valence-corrected chi connectivity index (χ4v) is 1.16. The van der Waals surface area contributed by atoms with E-state index in [1.165, 1.54) is 18.2 Å². The molecular weight excluding hydrogens is 208 g/mol. The van der Waals surface area contributed by atoms with Gasteiger partial charge in [-0.15, -0.1) is 0 Å². The van der Waals surface area contributed by atoms with Crippen LogP contribution >= 0.6 is 0 Å². The highest BCUT2D eigenvalue weighted by Crippen LogP contribution is 2.25. The van der Waals surface area contributed by atoms with Crippen LogP contribution in [0.25, 0.3) is 0 Å². The van der Waals surface area contributed by atoms with E-state index in [2.05, 4.69) is 9.98 Å². The zero-order chi connectivity index (χ0) is 11.8. The Kier molecular flexibility index (Phi) is 4.83. The predicted octanol–water partition coefficient (Wildman–Crippen LogP) is 2.16. The third-order valence-electron chi connectivity index (χ3n) is 1.87. The lowest BCUT2D eigenvalue weighted by Crippen LogP contribution is -1.91. The number of hydrogen-bond acceptors (Lipinski definition) is 5. The first-order chi connectivity index (χ1) is 7.81. The molecule has 0 saturated heterocycles. The molecule has 1 aromatic carbocycles. The van der Waals surface area contributed by atoms with Gasteiger partial charge in [-0.2, -0.15) is 9.98 Å². The largest absolute Gasteiger partial charge is 0.377 e. The molecular formula is C11H10N2O3. The lowest BCUT2D eigenvalue weighted by Gasteiger charge is -2.04. The van der Waals surface area contributed by atoms with Gasteiger partial charge in [-0.3, -0.25) is 0 Å². The number of nitrogens with zero attached hydrogens (tertiary/aromatic N) is 2.